The summed E-state index contributed by atoms with van der Waals surface area (Å²) < 4.78 is 31.1. The first-order valence-corrected chi connectivity index (χ1v) is 6.49. The topological polar surface area (TPSA) is 113 Å². The smallest absolute Gasteiger partial charge is 0.338 e. The quantitative estimate of drug-likeness (QED) is 0.295. The normalized spacial score (nSPS) is 10.2. The van der Waals surface area contributed by atoms with E-state index in [0.29, 0.717) is 6.07 Å². The van der Waals surface area contributed by atoms with Gasteiger partial charge in [-0.2, -0.15) is 0 Å². The van der Waals surface area contributed by atoms with Crippen LogP contribution in [-0.4, -0.2) is 23.3 Å². The van der Waals surface area contributed by atoms with Gasteiger partial charge in [-0.05, 0) is 30.3 Å². The number of rotatable bonds is 5. The Hall–Kier alpha value is -3.36. The van der Waals surface area contributed by atoms with Crippen LogP contribution < -0.4 is 5.73 Å². The van der Waals surface area contributed by atoms with Crippen LogP contribution in [0.4, 0.5) is 20.2 Å². The molecule has 7 nitrogen and oxygen atoms in total. The summed E-state index contributed by atoms with van der Waals surface area (Å²) in [5.41, 5.74) is 3.99. The predicted molar refractivity (Wildman–Crippen MR) is 78.5 cm³/mol. The molecular weight excluding hydrogens is 326 g/mol. The Morgan fingerprint density at radius 3 is 2.54 bits per heavy atom. The molecule has 0 saturated heterocycles. The van der Waals surface area contributed by atoms with Crippen LogP contribution in [0.3, 0.4) is 0 Å². The number of ether oxygens (including phenoxy) is 1. The number of carbonyl (C=O) groups excluding carboxylic acids is 2. The van der Waals surface area contributed by atoms with E-state index in [0.717, 1.165) is 24.3 Å². The zero-order chi connectivity index (χ0) is 17.9. The van der Waals surface area contributed by atoms with Crippen LogP contribution in [0.5, 0.6) is 0 Å². The number of nitro benzene ring substituents is 1. The van der Waals surface area contributed by atoms with E-state index in [1.54, 1.807) is 0 Å². The molecule has 124 valence electrons. The van der Waals surface area contributed by atoms with Gasteiger partial charge in [0.1, 0.15) is 17.3 Å². The van der Waals surface area contributed by atoms with E-state index in [1.807, 2.05) is 0 Å². The molecule has 0 spiro atoms. The summed E-state index contributed by atoms with van der Waals surface area (Å²) in [4.78, 5) is 33.6. The molecular formula is C15H10F2N2O5. The van der Waals surface area contributed by atoms with Gasteiger partial charge < -0.3 is 10.5 Å². The number of ketones is 1. The Labute approximate surface area is 133 Å². The monoisotopic (exact) mass is 336 g/mol. The number of nitrogens with zero attached hydrogens (tertiary/aromatic N) is 1. The summed E-state index contributed by atoms with van der Waals surface area (Å²) in [6.45, 7) is -0.850. The van der Waals surface area contributed by atoms with Crippen molar-refractivity contribution in [2.75, 3.05) is 12.3 Å². The van der Waals surface area contributed by atoms with E-state index in [2.05, 4.69) is 4.74 Å². The molecule has 0 unspecified atom stereocenters. The van der Waals surface area contributed by atoms with Gasteiger partial charge in [0.15, 0.2) is 6.61 Å². The van der Waals surface area contributed by atoms with Crippen molar-refractivity contribution < 1.29 is 28.0 Å². The number of esters is 1. The highest BCUT2D eigenvalue weighted by molar-refractivity contribution is 5.99. The number of benzene rings is 2. The lowest BCUT2D eigenvalue weighted by molar-refractivity contribution is -0.383. The summed E-state index contributed by atoms with van der Waals surface area (Å²) in [7, 11) is 0. The number of nitro groups is 1. The highest BCUT2D eigenvalue weighted by atomic mass is 19.1. The van der Waals surface area contributed by atoms with Crippen molar-refractivity contribution in [3.8, 4) is 0 Å². The fourth-order valence-corrected chi connectivity index (χ4v) is 1.83. The molecule has 0 aliphatic rings. The van der Waals surface area contributed by atoms with E-state index >= 15 is 0 Å². The Bertz CT molecular complexity index is 839. The molecule has 2 rings (SSSR count). The summed E-state index contributed by atoms with van der Waals surface area (Å²) in [5.74, 6) is -3.77. The number of halogens is 2. The molecule has 0 aromatic heterocycles. The molecule has 0 heterocycles. The third-order valence-corrected chi connectivity index (χ3v) is 3.03. The van der Waals surface area contributed by atoms with Gasteiger partial charge in [-0.1, -0.05) is 0 Å². The average molecular weight is 336 g/mol. The first kappa shape index (κ1) is 17.0. The minimum atomic E-state index is -1.04. The number of anilines is 1. The second-order valence-electron chi connectivity index (χ2n) is 4.65. The van der Waals surface area contributed by atoms with Crippen molar-refractivity contribution >= 4 is 23.1 Å². The molecule has 0 aliphatic carbocycles. The fraction of sp³-hybridized carbons (Fsp3) is 0.0667. The van der Waals surface area contributed by atoms with Gasteiger partial charge in [-0.3, -0.25) is 14.9 Å². The molecule has 2 N–H and O–H groups in total. The van der Waals surface area contributed by atoms with Crippen molar-refractivity contribution in [3.05, 3.63) is 69.3 Å². The van der Waals surface area contributed by atoms with Crippen molar-refractivity contribution in [2.45, 2.75) is 0 Å². The van der Waals surface area contributed by atoms with Crippen molar-refractivity contribution in [3.63, 3.8) is 0 Å². The maximum Gasteiger partial charge on any atom is 0.338 e. The fourth-order valence-electron chi connectivity index (χ4n) is 1.83. The minimum Gasteiger partial charge on any atom is -0.454 e. The second-order valence-corrected chi connectivity index (χ2v) is 4.65. The summed E-state index contributed by atoms with van der Waals surface area (Å²) >= 11 is 0. The van der Waals surface area contributed by atoms with E-state index in [1.165, 1.54) is 6.07 Å². The van der Waals surface area contributed by atoms with Crippen LogP contribution in [-0.2, 0) is 4.74 Å². The molecule has 0 aliphatic heterocycles. The molecule has 0 saturated carbocycles. The van der Waals surface area contributed by atoms with Gasteiger partial charge in [-0.15, -0.1) is 0 Å². The third kappa shape index (κ3) is 3.69. The molecule has 0 bridgehead atoms. The number of Topliss-reactive ketones (excluding diaryl/α,β-unsaturated/α-hetero) is 1. The largest absolute Gasteiger partial charge is 0.454 e. The Morgan fingerprint density at radius 1 is 1.17 bits per heavy atom. The van der Waals surface area contributed by atoms with Crippen LogP contribution in [0, 0.1) is 21.7 Å². The maximum absolute atomic E-state index is 13.4. The van der Waals surface area contributed by atoms with E-state index < -0.39 is 46.2 Å². The average Bonchev–Trinajstić information content (AvgIpc) is 2.54. The molecule has 0 amide bonds. The van der Waals surface area contributed by atoms with Gasteiger partial charge in [0.05, 0.1) is 16.1 Å². The second kappa shape index (κ2) is 6.82. The molecule has 0 atom stereocenters. The first-order valence-electron chi connectivity index (χ1n) is 6.49. The number of nitrogen functional groups attached to an aromatic ring is 1. The van der Waals surface area contributed by atoms with Gasteiger partial charge >= 0.3 is 5.97 Å². The number of nitrogens with two attached hydrogens (primary N) is 1. The molecule has 2 aromatic rings. The molecule has 2 aromatic carbocycles. The van der Waals surface area contributed by atoms with Gasteiger partial charge in [0.25, 0.3) is 5.69 Å². The highest BCUT2D eigenvalue weighted by Crippen LogP contribution is 2.22. The SMILES string of the molecule is Nc1ccc(C(=O)OCC(=O)c2cc(F)ccc2F)cc1[N+](=O)[O-]. The van der Waals surface area contributed by atoms with Crippen molar-refractivity contribution in [2.24, 2.45) is 0 Å². The lowest BCUT2D eigenvalue weighted by Gasteiger charge is -2.06. The lowest BCUT2D eigenvalue weighted by Crippen LogP contribution is -2.16. The van der Waals surface area contributed by atoms with E-state index in [4.69, 9.17) is 5.73 Å². The number of carbonyl (C=O) groups is 2. The summed E-state index contributed by atoms with van der Waals surface area (Å²) in [6.07, 6.45) is 0. The minimum absolute atomic E-state index is 0.144. The summed E-state index contributed by atoms with van der Waals surface area (Å²) in [5, 5.41) is 10.8. The Morgan fingerprint density at radius 2 is 1.88 bits per heavy atom. The van der Waals surface area contributed by atoms with Crippen molar-refractivity contribution in [1.29, 1.82) is 0 Å². The van der Waals surface area contributed by atoms with Crippen molar-refractivity contribution in [1.82, 2.24) is 0 Å². The highest BCUT2D eigenvalue weighted by Gasteiger charge is 2.19. The standard InChI is InChI=1S/C15H10F2N2O5/c16-9-2-3-11(17)10(6-9)14(20)7-24-15(21)8-1-4-12(18)13(5-8)19(22)23/h1-6H,7,18H2. The van der Waals surface area contributed by atoms with Crippen LogP contribution in [0.1, 0.15) is 20.7 Å². The van der Waals surface area contributed by atoms with E-state index in [-0.39, 0.29) is 11.3 Å². The maximum atomic E-state index is 13.4. The van der Waals surface area contributed by atoms with Crippen LogP contribution >= 0.6 is 0 Å². The lowest BCUT2D eigenvalue weighted by atomic mass is 10.1. The van der Waals surface area contributed by atoms with Gasteiger partial charge in [0.2, 0.25) is 5.78 Å². The van der Waals surface area contributed by atoms with Crippen LogP contribution in [0.25, 0.3) is 0 Å². The predicted octanol–water partition coefficient (Wildman–Crippen LogP) is 2.49. The zero-order valence-electron chi connectivity index (χ0n) is 12.0. The first-order chi connectivity index (χ1) is 11.3. The zero-order valence-corrected chi connectivity index (χ0v) is 12.0. The third-order valence-electron chi connectivity index (χ3n) is 3.03. The van der Waals surface area contributed by atoms with Gasteiger partial charge in [0, 0.05) is 6.07 Å². The Balaban J connectivity index is 2.10. The molecule has 24 heavy (non-hydrogen) atoms. The summed E-state index contributed by atoms with van der Waals surface area (Å²) in [6, 6.07) is 5.50. The van der Waals surface area contributed by atoms with Crippen LogP contribution in [0.15, 0.2) is 36.4 Å². The van der Waals surface area contributed by atoms with Gasteiger partial charge in [-0.25, -0.2) is 13.6 Å². The van der Waals surface area contributed by atoms with E-state index in [9.17, 15) is 28.5 Å². The molecule has 0 fully saturated rings. The number of hydrogen-bond donors (Lipinski definition) is 1. The Kier molecular flexibility index (Phi) is 4.83. The number of hydrogen-bond acceptors (Lipinski definition) is 6. The van der Waals surface area contributed by atoms with Crippen LogP contribution in [0.2, 0.25) is 0 Å². The molecule has 0 radical (unpaired) electrons. The molecule has 9 heteroatoms.